The third-order valence-corrected chi connectivity index (χ3v) is 8.18. The van der Waals surface area contributed by atoms with Gasteiger partial charge in [0.1, 0.15) is 12.6 Å². The van der Waals surface area contributed by atoms with Crippen molar-refractivity contribution in [1.29, 1.82) is 0 Å². The van der Waals surface area contributed by atoms with E-state index in [1.165, 1.54) is 23.1 Å². The topological polar surface area (TPSA) is 86.8 Å². The molecule has 1 N–H and O–H groups in total. The molecule has 1 unspecified atom stereocenters. The Labute approximate surface area is 234 Å². The van der Waals surface area contributed by atoms with E-state index in [9.17, 15) is 18.0 Å². The number of nitrogens with one attached hydrogen (secondary N) is 1. The van der Waals surface area contributed by atoms with E-state index in [-0.39, 0.29) is 29.1 Å². The number of amides is 2. The second-order valence-electron chi connectivity index (χ2n) is 9.24. The number of benzene rings is 3. The van der Waals surface area contributed by atoms with Gasteiger partial charge in [-0.25, -0.2) is 8.42 Å². The van der Waals surface area contributed by atoms with Gasteiger partial charge >= 0.3 is 0 Å². The second kappa shape index (κ2) is 12.7. The van der Waals surface area contributed by atoms with Gasteiger partial charge in [0.05, 0.1) is 10.6 Å². The van der Waals surface area contributed by atoms with Crippen LogP contribution in [0.4, 0.5) is 5.69 Å². The highest BCUT2D eigenvalue weighted by Crippen LogP contribution is 2.30. The fraction of sp³-hybridized carbons (Fsp3) is 0.286. The van der Waals surface area contributed by atoms with E-state index in [1.54, 1.807) is 68.4 Å². The minimum Gasteiger partial charge on any atom is -0.352 e. The molecule has 3 aromatic carbocycles. The van der Waals surface area contributed by atoms with E-state index >= 15 is 0 Å². The number of hydrogen-bond donors (Lipinski definition) is 1. The third-order valence-electron chi connectivity index (χ3n) is 5.91. The van der Waals surface area contributed by atoms with Crippen LogP contribution in [-0.2, 0) is 26.2 Å². The van der Waals surface area contributed by atoms with Crippen molar-refractivity contribution in [3.05, 3.63) is 94.0 Å². The monoisotopic (exact) mass is 575 g/mol. The molecule has 0 aliphatic carbocycles. The fourth-order valence-electron chi connectivity index (χ4n) is 3.86. The lowest BCUT2D eigenvalue weighted by atomic mass is 10.1. The molecule has 0 radical (unpaired) electrons. The zero-order valence-electron chi connectivity index (χ0n) is 21.7. The van der Waals surface area contributed by atoms with Gasteiger partial charge in [0.25, 0.3) is 10.0 Å². The van der Waals surface area contributed by atoms with Crippen molar-refractivity contribution in [2.24, 2.45) is 0 Å². The molecule has 0 saturated carbocycles. The van der Waals surface area contributed by atoms with E-state index in [0.29, 0.717) is 15.6 Å². The lowest BCUT2D eigenvalue weighted by molar-refractivity contribution is -0.139. The highest BCUT2D eigenvalue weighted by Gasteiger charge is 2.33. The largest absolute Gasteiger partial charge is 0.352 e. The van der Waals surface area contributed by atoms with Gasteiger partial charge in [-0.2, -0.15) is 0 Å². The lowest BCUT2D eigenvalue weighted by Gasteiger charge is -2.32. The summed E-state index contributed by atoms with van der Waals surface area (Å²) in [5, 5.41) is 3.69. The summed E-state index contributed by atoms with van der Waals surface area (Å²) in [7, 11) is -4.16. The number of nitrogens with zero attached hydrogens (tertiary/aromatic N) is 2. The SMILES string of the molecule is Cc1ccc(Cl)cc1N(CC(=O)N(Cc1ccc(Cl)cc1)C(C)C(=O)NC(C)C)S(=O)(=O)c1ccccc1. The van der Waals surface area contributed by atoms with Gasteiger partial charge in [-0.15, -0.1) is 0 Å². The van der Waals surface area contributed by atoms with Gasteiger partial charge in [0.15, 0.2) is 0 Å². The van der Waals surface area contributed by atoms with Crippen LogP contribution in [0.1, 0.15) is 31.9 Å². The zero-order valence-corrected chi connectivity index (χ0v) is 24.0. The van der Waals surface area contributed by atoms with Crippen molar-refractivity contribution in [3.8, 4) is 0 Å². The van der Waals surface area contributed by atoms with Crippen LogP contribution in [0.5, 0.6) is 0 Å². The van der Waals surface area contributed by atoms with Crippen LogP contribution in [0.3, 0.4) is 0 Å². The van der Waals surface area contributed by atoms with Crippen molar-refractivity contribution in [1.82, 2.24) is 10.2 Å². The lowest BCUT2D eigenvalue weighted by Crippen LogP contribution is -2.52. The maximum absolute atomic E-state index is 13.9. The Morgan fingerprint density at radius 1 is 0.895 bits per heavy atom. The Balaban J connectivity index is 2.06. The molecule has 3 aromatic rings. The summed E-state index contributed by atoms with van der Waals surface area (Å²) in [6.45, 7) is 6.56. The second-order valence-corrected chi connectivity index (χ2v) is 12.0. The molecular formula is C28H31Cl2N3O4S. The Morgan fingerprint density at radius 3 is 2.11 bits per heavy atom. The molecule has 0 fully saturated rings. The molecule has 202 valence electrons. The molecule has 2 amide bonds. The van der Waals surface area contributed by atoms with Crippen LogP contribution in [-0.4, -0.2) is 43.8 Å². The van der Waals surface area contributed by atoms with Crippen LogP contribution >= 0.6 is 23.2 Å². The summed E-state index contributed by atoms with van der Waals surface area (Å²) in [4.78, 5) is 28.2. The normalized spacial score (nSPS) is 12.2. The number of hydrogen-bond acceptors (Lipinski definition) is 4. The first kappa shape index (κ1) is 29.5. The summed E-state index contributed by atoms with van der Waals surface area (Å²) in [6, 6.07) is 18.6. The summed E-state index contributed by atoms with van der Waals surface area (Å²) in [5.41, 5.74) is 1.64. The van der Waals surface area contributed by atoms with Crippen LogP contribution in [0.15, 0.2) is 77.7 Å². The van der Waals surface area contributed by atoms with Crippen molar-refractivity contribution < 1.29 is 18.0 Å². The summed E-state index contributed by atoms with van der Waals surface area (Å²) < 4.78 is 28.7. The summed E-state index contributed by atoms with van der Waals surface area (Å²) >= 11 is 12.3. The Kier molecular flexibility index (Phi) is 9.82. The first-order chi connectivity index (χ1) is 17.9. The third kappa shape index (κ3) is 7.28. The van der Waals surface area contributed by atoms with Crippen molar-refractivity contribution in [3.63, 3.8) is 0 Å². The minimum absolute atomic E-state index is 0.0297. The van der Waals surface area contributed by atoms with Crippen LogP contribution in [0.2, 0.25) is 10.0 Å². The van der Waals surface area contributed by atoms with Gasteiger partial charge in [-0.3, -0.25) is 13.9 Å². The number of carbonyl (C=O) groups is 2. The van der Waals surface area contributed by atoms with Gasteiger partial charge in [0.2, 0.25) is 11.8 Å². The van der Waals surface area contributed by atoms with Gasteiger partial charge < -0.3 is 10.2 Å². The molecule has 0 aromatic heterocycles. The molecule has 0 saturated heterocycles. The molecule has 0 aliphatic heterocycles. The van der Waals surface area contributed by atoms with E-state index in [1.807, 2.05) is 13.8 Å². The first-order valence-corrected chi connectivity index (χ1v) is 14.3. The van der Waals surface area contributed by atoms with E-state index in [2.05, 4.69) is 5.32 Å². The Morgan fingerprint density at radius 2 is 1.50 bits per heavy atom. The maximum atomic E-state index is 13.9. The van der Waals surface area contributed by atoms with Crippen LogP contribution in [0, 0.1) is 6.92 Å². The molecule has 1 atom stereocenters. The molecule has 0 aliphatic rings. The van der Waals surface area contributed by atoms with Gasteiger partial charge in [-0.05, 0) is 75.2 Å². The number of rotatable bonds is 10. The number of aryl methyl sites for hydroxylation is 1. The molecule has 0 spiro atoms. The predicted molar refractivity (Wildman–Crippen MR) is 152 cm³/mol. The van der Waals surface area contributed by atoms with Crippen molar-refractivity contribution >= 4 is 50.7 Å². The first-order valence-electron chi connectivity index (χ1n) is 12.1. The molecule has 0 bridgehead atoms. The smallest absolute Gasteiger partial charge is 0.264 e. The standard InChI is InChI=1S/C28H31Cl2N3O4S/c1-19(2)31-28(35)21(4)32(17-22-11-14-23(29)15-12-22)27(34)18-33(26-16-24(30)13-10-20(26)3)38(36,37)25-8-6-5-7-9-25/h5-16,19,21H,17-18H2,1-4H3,(H,31,35). The predicted octanol–water partition coefficient (Wildman–Crippen LogP) is 5.44. The Hall–Kier alpha value is -3.07. The average molecular weight is 577 g/mol. The van der Waals surface area contributed by atoms with E-state index < -0.39 is 28.5 Å². The van der Waals surface area contributed by atoms with Crippen molar-refractivity contribution in [2.45, 2.75) is 51.2 Å². The minimum atomic E-state index is -4.16. The molecular weight excluding hydrogens is 545 g/mol. The van der Waals surface area contributed by atoms with Crippen LogP contribution in [0.25, 0.3) is 0 Å². The highest BCUT2D eigenvalue weighted by atomic mass is 35.5. The van der Waals surface area contributed by atoms with Gasteiger partial charge in [-0.1, -0.05) is 59.6 Å². The zero-order chi connectivity index (χ0) is 28.0. The molecule has 3 rings (SSSR count). The number of halogens is 2. The van der Waals surface area contributed by atoms with Gasteiger partial charge in [0, 0.05) is 22.6 Å². The molecule has 0 heterocycles. The fourth-order valence-corrected chi connectivity index (χ4v) is 5.64. The summed E-state index contributed by atoms with van der Waals surface area (Å²) in [6.07, 6.45) is 0. The maximum Gasteiger partial charge on any atom is 0.264 e. The van der Waals surface area contributed by atoms with E-state index in [0.717, 1.165) is 9.87 Å². The quantitative estimate of drug-likeness (QED) is 0.348. The number of carbonyl (C=O) groups excluding carboxylic acids is 2. The average Bonchev–Trinajstić information content (AvgIpc) is 2.88. The number of anilines is 1. The number of sulfonamides is 1. The molecule has 38 heavy (non-hydrogen) atoms. The van der Waals surface area contributed by atoms with E-state index in [4.69, 9.17) is 23.2 Å². The molecule has 10 heteroatoms. The highest BCUT2D eigenvalue weighted by molar-refractivity contribution is 7.92. The van der Waals surface area contributed by atoms with Crippen LogP contribution < -0.4 is 9.62 Å². The Bertz CT molecular complexity index is 1380. The summed E-state index contributed by atoms with van der Waals surface area (Å²) in [5.74, 6) is -0.899. The van der Waals surface area contributed by atoms with Crippen molar-refractivity contribution in [2.75, 3.05) is 10.8 Å². The molecule has 7 nitrogen and oxygen atoms in total.